The van der Waals surface area contributed by atoms with E-state index in [2.05, 4.69) is 4.72 Å². The van der Waals surface area contributed by atoms with Gasteiger partial charge in [-0.2, -0.15) is 0 Å². The molecule has 0 aliphatic heterocycles. The van der Waals surface area contributed by atoms with Crippen molar-refractivity contribution in [2.24, 2.45) is 0 Å². The van der Waals surface area contributed by atoms with Crippen LogP contribution in [0.1, 0.15) is 40.5 Å². The van der Waals surface area contributed by atoms with Crippen LogP contribution in [0.3, 0.4) is 0 Å². The molecule has 0 radical (unpaired) electrons. The number of benzene rings is 1. The molecule has 6 nitrogen and oxygen atoms in total. The molecule has 0 saturated heterocycles. The summed E-state index contributed by atoms with van der Waals surface area (Å²) < 4.78 is 32.7. The summed E-state index contributed by atoms with van der Waals surface area (Å²) in [7, 11) is -3.71. The van der Waals surface area contributed by atoms with Crippen LogP contribution in [0.5, 0.6) is 5.75 Å². The first-order valence-corrected chi connectivity index (χ1v) is 8.53. The highest BCUT2D eigenvalue weighted by Crippen LogP contribution is 2.20. The van der Waals surface area contributed by atoms with Crippen molar-refractivity contribution < 1.29 is 23.1 Å². The lowest BCUT2D eigenvalue weighted by Crippen LogP contribution is -2.43. The number of aliphatic carboxylic acids is 1. The highest BCUT2D eigenvalue weighted by atomic mass is 32.2. The number of ether oxygens (including phenoxy) is 1. The molecule has 0 aliphatic carbocycles. The molecule has 0 saturated carbocycles. The first-order chi connectivity index (χ1) is 10.0. The SMILES string of the molecule is CC(C)Oc1ccc(S(=O)(=O)NC(C)(C)CCC(=O)O)cc1. The molecule has 0 heterocycles. The molecule has 2 N–H and O–H groups in total. The van der Waals surface area contributed by atoms with E-state index in [-0.39, 0.29) is 23.8 Å². The Labute approximate surface area is 131 Å². The fraction of sp³-hybridized carbons (Fsp3) is 0.533. The van der Waals surface area contributed by atoms with Crippen LogP contribution in [0.4, 0.5) is 0 Å². The molecule has 1 aromatic carbocycles. The Balaban J connectivity index is 2.83. The molecular weight excluding hydrogens is 306 g/mol. The monoisotopic (exact) mass is 329 g/mol. The van der Waals surface area contributed by atoms with Gasteiger partial charge in [0.2, 0.25) is 10.0 Å². The van der Waals surface area contributed by atoms with Crippen LogP contribution in [-0.2, 0) is 14.8 Å². The summed E-state index contributed by atoms with van der Waals surface area (Å²) in [6.45, 7) is 7.09. The number of carboxylic acids is 1. The second kappa shape index (κ2) is 7.11. The average Bonchev–Trinajstić information content (AvgIpc) is 2.35. The minimum atomic E-state index is -3.71. The van der Waals surface area contributed by atoms with Crippen LogP contribution >= 0.6 is 0 Å². The lowest BCUT2D eigenvalue weighted by atomic mass is 10.0. The zero-order valence-corrected chi connectivity index (χ0v) is 14.1. The molecule has 0 aromatic heterocycles. The maximum atomic E-state index is 12.3. The molecule has 0 unspecified atom stereocenters. The first-order valence-electron chi connectivity index (χ1n) is 7.04. The second-order valence-electron chi connectivity index (χ2n) is 6.02. The van der Waals surface area contributed by atoms with E-state index in [1.807, 2.05) is 13.8 Å². The van der Waals surface area contributed by atoms with Crippen LogP contribution in [0.2, 0.25) is 0 Å². The van der Waals surface area contributed by atoms with Crippen molar-refractivity contribution in [1.29, 1.82) is 0 Å². The van der Waals surface area contributed by atoms with Gasteiger partial charge in [0, 0.05) is 12.0 Å². The predicted molar refractivity (Wildman–Crippen MR) is 83.5 cm³/mol. The van der Waals surface area contributed by atoms with Gasteiger partial charge >= 0.3 is 5.97 Å². The number of nitrogens with one attached hydrogen (secondary N) is 1. The largest absolute Gasteiger partial charge is 0.491 e. The highest BCUT2D eigenvalue weighted by molar-refractivity contribution is 7.89. The third-order valence-electron chi connectivity index (χ3n) is 2.88. The van der Waals surface area contributed by atoms with E-state index in [0.29, 0.717) is 5.75 Å². The number of carbonyl (C=O) groups is 1. The molecule has 1 rings (SSSR count). The fourth-order valence-corrected chi connectivity index (χ4v) is 3.30. The van der Waals surface area contributed by atoms with Crippen LogP contribution < -0.4 is 9.46 Å². The maximum absolute atomic E-state index is 12.3. The third-order valence-corrected chi connectivity index (χ3v) is 4.59. The van der Waals surface area contributed by atoms with Gasteiger partial charge in [-0.05, 0) is 58.4 Å². The summed E-state index contributed by atoms with van der Waals surface area (Å²) in [6, 6.07) is 6.12. The summed E-state index contributed by atoms with van der Waals surface area (Å²) >= 11 is 0. The number of rotatable bonds is 8. The van der Waals surface area contributed by atoms with Crippen molar-refractivity contribution in [2.45, 2.75) is 57.1 Å². The van der Waals surface area contributed by atoms with Gasteiger partial charge in [-0.1, -0.05) is 0 Å². The molecule has 1 aromatic rings. The summed E-state index contributed by atoms with van der Waals surface area (Å²) in [5.41, 5.74) is -0.843. The van der Waals surface area contributed by atoms with Crippen LogP contribution in [-0.4, -0.2) is 31.1 Å². The zero-order chi connectivity index (χ0) is 17.0. The Morgan fingerprint density at radius 2 is 1.82 bits per heavy atom. The minimum Gasteiger partial charge on any atom is -0.491 e. The highest BCUT2D eigenvalue weighted by Gasteiger charge is 2.26. The molecule has 0 atom stereocenters. The van der Waals surface area contributed by atoms with Crippen LogP contribution in [0.25, 0.3) is 0 Å². The third kappa shape index (κ3) is 6.03. The predicted octanol–water partition coefficient (Wildman–Crippen LogP) is 2.40. The van der Waals surface area contributed by atoms with Gasteiger partial charge in [0.25, 0.3) is 0 Å². The summed E-state index contributed by atoms with van der Waals surface area (Å²) in [6.07, 6.45) is 0.114. The molecule has 0 fully saturated rings. The van der Waals surface area contributed by atoms with E-state index in [0.717, 1.165) is 0 Å². The smallest absolute Gasteiger partial charge is 0.303 e. The van der Waals surface area contributed by atoms with Crippen molar-refractivity contribution in [3.63, 3.8) is 0 Å². The van der Waals surface area contributed by atoms with Gasteiger partial charge in [-0.25, -0.2) is 13.1 Å². The van der Waals surface area contributed by atoms with Gasteiger partial charge in [0.1, 0.15) is 5.75 Å². The summed E-state index contributed by atoms with van der Waals surface area (Å²) in [5.74, 6) is -0.360. The van der Waals surface area contributed by atoms with Gasteiger partial charge in [-0.3, -0.25) is 4.79 Å². The molecule has 22 heavy (non-hydrogen) atoms. The number of sulfonamides is 1. The lowest BCUT2D eigenvalue weighted by Gasteiger charge is -2.25. The Bertz CT molecular complexity index is 605. The zero-order valence-electron chi connectivity index (χ0n) is 13.3. The van der Waals surface area contributed by atoms with Crippen LogP contribution in [0.15, 0.2) is 29.2 Å². The topological polar surface area (TPSA) is 92.7 Å². The van der Waals surface area contributed by atoms with E-state index in [1.54, 1.807) is 26.0 Å². The van der Waals surface area contributed by atoms with Crippen molar-refractivity contribution in [1.82, 2.24) is 4.72 Å². The molecule has 0 spiro atoms. The van der Waals surface area contributed by atoms with Crippen molar-refractivity contribution in [3.05, 3.63) is 24.3 Å². The summed E-state index contributed by atoms with van der Waals surface area (Å²) in [5, 5.41) is 8.70. The Morgan fingerprint density at radius 1 is 1.27 bits per heavy atom. The molecule has 0 aliphatic rings. The van der Waals surface area contributed by atoms with E-state index < -0.39 is 21.5 Å². The molecular formula is C15H23NO5S. The Morgan fingerprint density at radius 3 is 2.27 bits per heavy atom. The van der Waals surface area contributed by atoms with Gasteiger partial charge in [0.15, 0.2) is 0 Å². The van der Waals surface area contributed by atoms with Gasteiger partial charge in [-0.15, -0.1) is 0 Å². The van der Waals surface area contributed by atoms with E-state index >= 15 is 0 Å². The van der Waals surface area contributed by atoms with E-state index in [1.165, 1.54) is 12.1 Å². The number of carboxylic acid groups (broad SMARTS) is 1. The van der Waals surface area contributed by atoms with Crippen molar-refractivity contribution in [3.8, 4) is 5.75 Å². The summed E-state index contributed by atoms with van der Waals surface area (Å²) in [4.78, 5) is 10.7. The number of hydrogen-bond donors (Lipinski definition) is 2. The van der Waals surface area contributed by atoms with Crippen molar-refractivity contribution in [2.75, 3.05) is 0 Å². The average molecular weight is 329 g/mol. The second-order valence-corrected chi connectivity index (χ2v) is 7.70. The molecule has 7 heteroatoms. The molecule has 124 valence electrons. The maximum Gasteiger partial charge on any atom is 0.303 e. The quantitative estimate of drug-likeness (QED) is 0.764. The van der Waals surface area contributed by atoms with E-state index in [4.69, 9.17) is 9.84 Å². The van der Waals surface area contributed by atoms with E-state index in [9.17, 15) is 13.2 Å². The normalized spacial score (nSPS) is 12.4. The van der Waals surface area contributed by atoms with Crippen molar-refractivity contribution >= 4 is 16.0 Å². The Kier molecular flexibility index (Phi) is 5.96. The van der Waals surface area contributed by atoms with Gasteiger partial charge < -0.3 is 9.84 Å². The number of hydrogen-bond acceptors (Lipinski definition) is 4. The standard InChI is InChI=1S/C15H23NO5S/c1-11(2)21-12-5-7-13(8-6-12)22(19,20)16-15(3,4)10-9-14(17)18/h5-8,11,16H,9-10H2,1-4H3,(H,17,18). The fourth-order valence-electron chi connectivity index (χ4n) is 1.86. The first kappa shape index (κ1) is 18.4. The van der Waals surface area contributed by atoms with Gasteiger partial charge in [0.05, 0.1) is 11.0 Å². The minimum absolute atomic E-state index is 0.00975. The lowest BCUT2D eigenvalue weighted by molar-refractivity contribution is -0.137. The Hall–Kier alpha value is -1.60. The van der Waals surface area contributed by atoms with Crippen LogP contribution in [0, 0.1) is 0 Å². The molecule has 0 amide bonds. The molecule has 0 bridgehead atoms.